The maximum atomic E-state index is 13.0. The minimum Gasteiger partial charge on any atom is -0.293 e. The second kappa shape index (κ2) is 15.0. The number of rotatable bonds is 6. The van der Waals surface area contributed by atoms with Gasteiger partial charge in [-0.05, 0) is 129 Å². The molecule has 4 heterocycles. The summed E-state index contributed by atoms with van der Waals surface area (Å²) in [6, 6.07) is 31.5. The van der Waals surface area contributed by atoms with E-state index in [0.29, 0.717) is 31.5 Å². The summed E-state index contributed by atoms with van der Waals surface area (Å²) in [5.74, 6) is 0.0779. The molecule has 8 aromatic rings. The van der Waals surface area contributed by atoms with Crippen LogP contribution in [0.1, 0.15) is 73.9 Å². The Labute approximate surface area is 402 Å². The first-order chi connectivity index (χ1) is 31.4. The molecule has 0 N–H and O–H groups in total. The summed E-state index contributed by atoms with van der Waals surface area (Å²) in [6.07, 6.45) is 3.80. The molecule has 2 aliphatic heterocycles. The van der Waals surface area contributed by atoms with Crippen molar-refractivity contribution in [1.29, 1.82) is 0 Å². The molecule has 0 radical (unpaired) electrons. The number of hydrogen-bond acceptors (Lipinski definition) is 12. The molecule has 14 heteroatoms. The predicted molar refractivity (Wildman–Crippen MR) is 278 cm³/mol. The Hall–Kier alpha value is -5.48. The molecule has 2 aliphatic carbocycles. The van der Waals surface area contributed by atoms with Crippen molar-refractivity contribution >= 4 is 137 Å². The van der Waals surface area contributed by atoms with Crippen molar-refractivity contribution in [3.05, 3.63) is 128 Å². The Balaban J connectivity index is 0.868. The summed E-state index contributed by atoms with van der Waals surface area (Å²) in [6.45, 7) is 11.9. The third-order valence-corrected chi connectivity index (χ3v) is 17.4. The maximum absolute atomic E-state index is 13.0. The molecule has 0 spiro atoms. The number of nitrogens with zero attached hydrogens (tertiary/aromatic N) is 6. The lowest BCUT2D eigenvalue weighted by atomic mass is 9.81. The smallest absolute Gasteiger partial charge is 0.266 e. The highest BCUT2D eigenvalue weighted by Gasteiger charge is 2.37. The highest BCUT2D eigenvalue weighted by Crippen LogP contribution is 2.53. The van der Waals surface area contributed by atoms with Gasteiger partial charge in [0, 0.05) is 46.7 Å². The first-order valence-corrected chi connectivity index (χ1v) is 25.3. The van der Waals surface area contributed by atoms with E-state index in [4.69, 9.17) is 37.6 Å². The monoisotopic (exact) mass is 956 g/mol. The fourth-order valence-electron chi connectivity index (χ4n) is 10.1. The second-order valence-corrected chi connectivity index (χ2v) is 21.7. The van der Waals surface area contributed by atoms with Gasteiger partial charge in [-0.3, -0.25) is 19.4 Å². The number of benzene rings is 6. The number of hydrogen-bond donors (Lipinski definition) is 0. The van der Waals surface area contributed by atoms with Gasteiger partial charge in [-0.15, -0.1) is 0 Å². The summed E-state index contributed by atoms with van der Waals surface area (Å²) in [4.78, 5) is 30.5. The minimum absolute atomic E-state index is 0.0616. The maximum Gasteiger partial charge on any atom is 0.266 e. The zero-order valence-corrected chi connectivity index (χ0v) is 40.6. The van der Waals surface area contributed by atoms with Crippen LogP contribution in [-0.4, -0.2) is 60.8 Å². The van der Waals surface area contributed by atoms with Gasteiger partial charge in [-0.2, -0.15) is 17.5 Å². The van der Waals surface area contributed by atoms with Gasteiger partial charge in [0.05, 0.1) is 33.3 Å². The molecule has 1 unspecified atom stereocenters. The molecule has 0 bridgehead atoms. The minimum atomic E-state index is -0.239. The zero-order valence-electron chi connectivity index (χ0n) is 35.7. The second-order valence-electron chi connectivity index (χ2n) is 17.3. The highest BCUT2D eigenvalue weighted by molar-refractivity contribution is 8.27. The number of carbonyl (C=O) groups excluding carboxylic acids is 2. The summed E-state index contributed by atoms with van der Waals surface area (Å²) in [5.41, 5.74) is 19.3. The topological polar surface area (TPSA) is 92.2 Å². The van der Waals surface area contributed by atoms with E-state index in [1.165, 1.54) is 102 Å². The number of amides is 2. The quantitative estimate of drug-likeness (QED) is 0.118. The zero-order chi connectivity index (χ0) is 44.6. The standard InChI is InChI=1S/C51H36N6O2S6/c1-6-56-47(58)41(62-49(56)60)22-27-10-12-31(45-43(27)52-64-54-45)25-8-14-33-35(16-25)24(3)36-17-29-19-38-34-15-9-26(20-39(34)51(4,5)40(38)21-30(29)18-37(33)36)32-13-11-28(44-46(32)55-65-53-44)23-42-48(59)57(7-2)50(61)63-42/h8-24H,6-7H2,1-5H3/b41-22-,42-23-. The number of carbonyl (C=O) groups is 2. The van der Waals surface area contributed by atoms with Crippen molar-refractivity contribution in [3.8, 4) is 44.5 Å². The molecule has 2 amide bonds. The Morgan fingerprint density at radius 3 is 1.62 bits per heavy atom. The van der Waals surface area contributed by atoms with Gasteiger partial charge in [-0.25, -0.2) is 0 Å². The van der Waals surface area contributed by atoms with Crippen LogP contribution in [0.3, 0.4) is 0 Å². The van der Waals surface area contributed by atoms with E-state index in [1.807, 2.05) is 38.1 Å². The largest absolute Gasteiger partial charge is 0.293 e. The normalized spacial score (nSPS) is 18.6. The Morgan fingerprint density at radius 2 is 1.05 bits per heavy atom. The first kappa shape index (κ1) is 41.0. The van der Waals surface area contributed by atoms with Gasteiger partial charge >= 0.3 is 0 Å². The third kappa shape index (κ3) is 6.14. The van der Waals surface area contributed by atoms with E-state index >= 15 is 0 Å². The molecule has 4 aliphatic rings. The third-order valence-electron chi connectivity index (χ3n) is 13.5. The molecular weight excluding hydrogens is 921 g/mol. The lowest BCUT2D eigenvalue weighted by Crippen LogP contribution is -2.27. The van der Waals surface area contributed by atoms with Gasteiger partial charge < -0.3 is 0 Å². The molecule has 6 aromatic carbocycles. The molecule has 1 atom stereocenters. The lowest BCUT2D eigenvalue weighted by molar-refractivity contribution is -0.122. The number of likely N-dealkylation sites (N-methyl/N-ethyl adjacent to an activating group) is 2. The lowest BCUT2D eigenvalue weighted by Gasteiger charge is -2.22. The van der Waals surface area contributed by atoms with Crippen LogP contribution in [0.4, 0.5) is 0 Å². The van der Waals surface area contributed by atoms with Gasteiger partial charge in [0.2, 0.25) is 0 Å². The molecular formula is C51H36N6O2S6. The van der Waals surface area contributed by atoms with Crippen LogP contribution < -0.4 is 0 Å². The number of aromatic nitrogens is 4. The molecule has 2 saturated heterocycles. The van der Waals surface area contributed by atoms with Crippen molar-refractivity contribution in [3.63, 3.8) is 0 Å². The Kier molecular flexibility index (Phi) is 9.47. The van der Waals surface area contributed by atoms with Crippen molar-refractivity contribution in [2.75, 3.05) is 13.1 Å². The number of thiocarbonyl (C=S) groups is 2. The number of fused-ring (bicyclic) bond motifs is 9. The molecule has 12 rings (SSSR count). The van der Waals surface area contributed by atoms with E-state index in [2.05, 4.69) is 97.9 Å². The van der Waals surface area contributed by atoms with Crippen molar-refractivity contribution in [1.82, 2.24) is 27.3 Å². The Bertz CT molecular complexity index is 3580. The average molecular weight is 957 g/mol. The van der Waals surface area contributed by atoms with Gasteiger partial charge in [0.1, 0.15) is 30.7 Å². The van der Waals surface area contributed by atoms with Crippen molar-refractivity contribution < 1.29 is 9.59 Å². The fourth-order valence-corrected chi connectivity index (χ4v) is 14.0. The van der Waals surface area contributed by atoms with E-state index in [1.54, 1.807) is 9.80 Å². The van der Waals surface area contributed by atoms with Crippen molar-refractivity contribution in [2.24, 2.45) is 0 Å². The molecule has 2 aromatic heterocycles. The van der Waals surface area contributed by atoms with Gasteiger partial charge in [0.25, 0.3) is 11.8 Å². The molecule has 0 saturated carbocycles. The number of thioether (sulfide) groups is 2. The van der Waals surface area contributed by atoms with Crippen LogP contribution in [-0.2, 0) is 15.0 Å². The summed E-state index contributed by atoms with van der Waals surface area (Å²) in [7, 11) is 0. The van der Waals surface area contributed by atoms with Crippen LogP contribution in [0.15, 0.2) is 94.7 Å². The Morgan fingerprint density at radius 1 is 0.569 bits per heavy atom. The predicted octanol–water partition coefficient (Wildman–Crippen LogP) is 13.1. The van der Waals surface area contributed by atoms with Gasteiger partial charge in [-0.1, -0.05) is 117 Å². The van der Waals surface area contributed by atoms with Crippen molar-refractivity contribution in [2.45, 2.75) is 46.0 Å². The van der Waals surface area contributed by atoms with Crippen LogP contribution in [0.2, 0.25) is 0 Å². The van der Waals surface area contributed by atoms with Crippen LogP contribution >= 0.6 is 71.4 Å². The van der Waals surface area contributed by atoms with Gasteiger partial charge in [0.15, 0.2) is 0 Å². The summed E-state index contributed by atoms with van der Waals surface area (Å²) >= 11 is 16.0. The van der Waals surface area contributed by atoms with Crippen LogP contribution in [0.25, 0.3) is 89.5 Å². The summed E-state index contributed by atoms with van der Waals surface area (Å²) < 4.78 is 20.1. The molecule has 8 nitrogen and oxygen atoms in total. The SMILES string of the molecule is CCN1C(=O)/C(=C/c2ccc(-c3ccc4c(c3)C(C)c3cc5cc6c(cc5cc3-4)C(C)(C)c3cc(-c4ccc(/C=C5\SC(=S)N(CC)C5=O)c5nsnc45)ccc3-6)c3nsnc23)SC1=S. The van der Waals surface area contributed by atoms with E-state index in [9.17, 15) is 9.59 Å². The molecule has 318 valence electrons. The van der Waals surface area contributed by atoms with E-state index < -0.39 is 0 Å². The van der Waals surface area contributed by atoms with E-state index in [-0.39, 0.29) is 23.1 Å². The molecule has 2 fully saturated rings. The highest BCUT2D eigenvalue weighted by atomic mass is 32.2. The van der Waals surface area contributed by atoms with E-state index in [0.717, 1.165) is 55.4 Å². The first-order valence-electron chi connectivity index (χ1n) is 21.4. The molecule has 65 heavy (non-hydrogen) atoms. The van der Waals surface area contributed by atoms with Crippen LogP contribution in [0.5, 0.6) is 0 Å². The average Bonchev–Trinajstić information content (AvgIpc) is 4.16. The van der Waals surface area contributed by atoms with Crippen LogP contribution in [0, 0.1) is 0 Å². The summed E-state index contributed by atoms with van der Waals surface area (Å²) in [5, 5.41) is 2.47. The fraction of sp³-hybridized carbons (Fsp3) is 0.176.